The smallest absolute Gasteiger partial charge is 0 e. The van der Waals surface area contributed by atoms with Crippen molar-refractivity contribution in [2.45, 2.75) is 0 Å². The van der Waals surface area contributed by atoms with Gasteiger partial charge in [0.2, 0.25) is 0 Å². The quantitative estimate of drug-likeness (QED) is 0.650. The molecule has 0 aliphatic rings. The second-order valence-corrected chi connectivity index (χ2v) is 0. The van der Waals surface area contributed by atoms with Crippen LogP contribution in [0.2, 0.25) is 0 Å². The fraction of sp³-hybridized carbons (Fsp3) is 0. The summed E-state index contributed by atoms with van der Waals surface area (Å²) in [6.07, 6.45) is 0. The average Bonchev–Trinajstić information content (AvgIpc) is 1.00. The molecule has 0 aromatic carbocycles. The van der Waals surface area contributed by atoms with E-state index in [1.807, 2.05) is 0 Å². The van der Waals surface area contributed by atoms with Gasteiger partial charge in [0.1, 0.15) is 0 Å². The third-order valence-electron chi connectivity index (χ3n) is 0. The van der Waals surface area contributed by atoms with Crippen molar-refractivity contribution in [3.05, 3.63) is 9.93 Å². The van der Waals surface area contributed by atoms with Gasteiger partial charge in [-0.15, -0.1) is 0 Å². The van der Waals surface area contributed by atoms with Crippen molar-refractivity contribution >= 4 is 0 Å². The first-order valence-electron chi connectivity index (χ1n) is 0.167. The van der Waals surface area contributed by atoms with Crippen LogP contribution in [0.3, 0.4) is 0 Å². The largest absolute Gasteiger partial charge is 0.344 e. The zero-order chi connectivity index (χ0) is 2.00. The summed E-state index contributed by atoms with van der Waals surface area (Å²) in [7, 11) is 0. The summed E-state index contributed by atoms with van der Waals surface area (Å²) in [5.74, 6) is 0. The first kappa shape index (κ1) is 28.8. The van der Waals surface area contributed by atoms with E-state index in [0.717, 1.165) is 0 Å². The van der Waals surface area contributed by atoms with Gasteiger partial charge in [-0.25, -0.2) is 0 Å². The molecule has 0 unspecified atom stereocenters. The van der Waals surface area contributed by atoms with Crippen LogP contribution in [0.25, 0.3) is 0 Å². The van der Waals surface area contributed by atoms with Gasteiger partial charge in [0.15, 0.2) is 0 Å². The third-order valence-corrected chi connectivity index (χ3v) is 0. The molecule has 0 saturated heterocycles. The van der Waals surface area contributed by atoms with E-state index in [1.54, 1.807) is 0 Å². The van der Waals surface area contributed by atoms with Crippen LogP contribution in [-0.2, 0) is 21.1 Å². The zero-order valence-electron chi connectivity index (χ0n) is 1.93. The molecule has 0 amide bonds. The SMILES string of the molecule is N.O=O.[W]. The molecule has 0 atom stereocenters. The van der Waals surface area contributed by atoms with Crippen LogP contribution < -0.4 is 6.15 Å². The zero-order valence-corrected chi connectivity index (χ0v) is 4.87. The molecule has 0 radical (unpaired) electrons. The normalized spacial score (nSPS) is 1.00. The molecule has 0 aliphatic carbocycles. The van der Waals surface area contributed by atoms with Crippen LogP contribution in [0.5, 0.6) is 0 Å². The monoisotopic (exact) mass is 233 g/mol. The van der Waals surface area contributed by atoms with Gasteiger partial charge < -0.3 is 6.15 Å². The summed E-state index contributed by atoms with van der Waals surface area (Å²) in [6, 6.07) is 0. The molecule has 0 fully saturated rings. The summed E-state index contributed by atoms with van der Waals surface area (Å²) in [4.78, 5) is 14.0. The number of hydrogen-bond acceptors (Lipinski definition) is 3. The van der Waals surface area contributed by atoms with E-state index in [4.69, 9.17) is 9.93 Å². The Morgan fingerprint density at radius 3 is 1.00 bits per heavy atom. The van der Waals surface area contributed by atoms with Gasteiger partial charge in [0.25, 0.3) is 0 Å². The minimum atomic E-state index is 0. The van der Waals surface area contributed by atoms with Crippen molar-refractivity contribution in [1.82, 2.24) is 6.15 Å². The third kappa shape index (κ3) is 56.8. The average molecular weight is 233 g/mol. The molecule has 0 aliphatic heterocycles. The maximum Gasteiger partial charge on any atom is 0 e. The summed E-state index contributed by atoms with van der Waals surface area (Å²) >= 11 is 0. The molecule has 3 N–H and O–H groups in total. The Kier molecular flexibility index (Phi) is 1920. The number of rotatable bonds is 0. The van der Waals surface area contributed by atoms with Gasteiger partial charge in [-0.2, -0.15) is 0 Å². The fourth-order valence-corrected chi connectivity index (χ4v) is 0. The van der Waals surface area contributed by atoms with Crippen molar-refractivity contribution < 1.29 is 21.1 Å². The fourth-order valence-electron chi connectivity index (χ4n) is 0. The summed E-state index contributed by atoms with van der Waals surface area (Å²) in [5.41, 5.74) is 0. The van der Waals surface area contributed by atoms with Crippen molar-refractivity contribution in [2.24, 2.45) is 0 Å². The van der Waals surface area contributed by atoms with E-state index in [-0.39, 0.29) is 27.2 Å². The minimum absolute atomic E-state index is 0. The van der Waals surface area contributed by atoms with Crippen molar-refractivity contribution in [1.29, 1.82) is 0 Å². The van der Waals surface area contributed by atoms with Crippen LogP contribution in [0.4, 0.5) is 0 Å². The Balaban J connectivity index is -0.00000000500. The van der Waals surface area contributed by atoms with E-state index in [2.05, 4.69) is 0 Å². The Labute approximate surface area is 37.8 Å². The molecular weight excluding hydrogens is 230 g/mol. The van der Waals surface area contributed by atoms with E-state index < -0.39 is 0 Å². The standard InChI is InChI=1S/H3N.O2.W/c;1-2;/h1H3;;. The van der Waals surface area contributed by atoms with Crippen LogP contribution in [0.15, 0.2) is 0 Å². The molecule has 4 heavy (non-hydrogen) atoms. The molecule has 0 saturated carbocycles. The molecule has 26 valence electrons. The van der Waals surface area contributed by atoms with E-state index >= 15 is 0 Å². The molecule has 0 aromatic heterocycles. The Hall–Kier alpha value is 0.248. The second-order valence-electron chi connectivity index (χ2n) is 0. The van der Waals surface area contributed by atoms with Crippen LogP contribution in [-0.4, -0.2) is 0 Å². The predicted molar refractivity (Wildman–Crippen MR) is 11.8 cm³/mol. The van der Waals surface area contributed by atoms with Gasteiger partial charge in [0, 0.05) is 31.0 Å². The van der Waals surface area contributed by atoms with Crippen LogP contribution in [0.1, 0.15) is 0 Å². The molecular formula is H3NO2W. The molecule has 0 bridgehead atoms. The maximum atomic E-state index is 7.00. The summed E-state index contributed by atoms with van der Waals surface area (Å²) in [5, 5.41) is 0. The second kappa shape index (κ2) is 266. The summed E-state index contributed by atoms with van der Waals surface area (Å²) in [6.45, 7) is 0. The van der Waals surface area contributed by atoms with E-state index in [1.165, 1.54) is 0 Å². The van der Waals surface area contributed by atoms with E-state index in [0.29, 0.717) is 0 Å². The van der Waals surface area contributed by atoms with Gasteiger partial charge in [0.05, 0.1) is 0 Å². The Morgan fingerprint density at radius 1 is 1.00 bits per heavy atom. The minimum Gasteiger partial charge on any atom is -0.344 e. The molecule has 0 rings (SSSR count). The van der Waals surface area contributed by atoms with Gasteiger partial charge >= 0.3 is 0 Å². The first-order valence-corrected chi connectivity index (χ1v) is 0.167. The summed E-state index contributed by atoms with van der Waals surface area (Å²) < 4.78 is 0. The molecule has 0 heterocycles. The van der Waals surface area contributed by atoms with Crippen molar-refractivity contribution in [3.63, 3.8) is 0 Å². The Bertz CT molecular complexity index is 6.00. The van der Waals surface area contributed by atoms with Crippen molar-refractivity contribution in [2.75, 3.05) is 0 Å². The molecule has 0 spiro atoms. The maximum absolute atomic E-state index is 7.00. The van der Waals surface area contributed by atoms with Crippen LogP contribution >= 0.6 is 0 Å². The predicted octanol–water partition coefficient (Wildman–Crippen LogP) is 0.226. The molecule has 0 aromatic rings. The van der Waals surface area contributed by atoms with Gasteiger partial charge in [-0.3, -0.25) is 0 Å². The van der Waals surface area contributed by atoms with E-state index in [9.17, 15) is 0 Å². The number of hydrogen-bond donors (Lipinski definition) is 1. The Morgan fingerprint density at radius 2 is 1.00 bits per heavy atom. The van der Waals surface area contributed by atoms with Gasteiger partial charge in [-0.1, -0.05) is 0 Å². The molecule has 4 heteroatoms. The molecule has 3 nitrogen and oxygen atoms in total. The van der Waals surface area contributed by atoms with Crippen molar-refractivity contribution in [3.8, 4) is 0 Å². The van der Waals surface area contributed by atoms with Gasteiger partial charge in [-0.05, 0) is 0 Å². The topological polar surface area (TPSA) is 69.1 Å². The first-order chi connectivity index (χ1) is 1.00. The van der Waals surface area contributed by atoms with Crippen LogP contribution in [0, 0.1) is 9.93 Å².